The molecule has 1 aromatic heterocycles. The number of aryl methyl sites for hydroxylation is 2. The summed E-state index contributed by atoms with van der Waals surface area (Å²) >= 11 is 0. The second-order valence-corrected chi connectivity index (χ2v) is 7.27. The molecule has 0 radical (unpaired) electrons. The SMILES string of the molecule is COc1cccc(C(=O)NC[C@@H]2Cc3cc(F)cc(-c4nc(C)cnc4C)c3O2)c1. The molecule has 0 fully saturated rings. The molecule has 1 amide bonds. The average molecular weight is 407 g/mol. The largest absolute Gasteiger partial charge is 0.497 e. The first-order valence-electron chi connectivity index (χ1n) is 9.66. The number of carbonyl (C=O) groups is 1. The Kier molecular flexibility index (Phi) is 5.35. The van der Waals surface area contributed by atoms with Crippen molar-refractivity contribution in [3.8, 4) is 22.8 Å². The molecule has 30 heavy (non-hydrogen) atoms. The lowest BCUT2D eigenvalue weighted by Crippen LogP contribution is -2.34. The maximum absolute atomic E-state index is 14.3. The van der Waals surface area contributed by atoms with Gasteiger partial charge in [-0.25, -0.2) is 9.37 Å². The Hall–Kier alpha value is -3.48. The first-order valence-corrected chi connectivity index (χ1v) is 9.66. The van der Waals surface area contributed by atoms with E-state index in [0.29, 0.717) is 47.0 Å². The van der Waals surface area contributed by atoms with E-state index in [4.69, 9.17) is 9.47 Å². The molecule has 1 aliphatic heterocycles. The van der Waals surface area contributed by atoms with E-state index < -0.39 is 0 Å². The van der Waals surface area contributed by atoms with Crippen molar-refractivity contribution in [1.29, 1.82) is 0 Å². The number of fused-ring (bicyclic) bond motifs is 1. The van der Waals surface area contributed by atoms with Gasteiger partial charge in [0, 0.05) is 29.3 Å². The zero-order valence-corrected chi connectivity index (χ0v) is 17.0. The third kappa shape index (κ3) is 3.96. The van der Waals surface area contributed by atoms with Crippen molar-refractivity contribution in [2.24, 2.45) is 0 Å². The monoisotopic (exact) mass is 407 g/mol. The lowest BCUT2D eigenvalue weighted by atomic mass is 10.0. The summed E-state index contributed by atoms with van der Waals surface area (Å²) in [5, 5.41) is 2.88. The van der Waals surface area contributed by atoms with Crippen molar-refractivity contribution >= 4 is 5.91 Å². The van der Waals surface area contributed by atoms with Crippen LogP contribution in [0.5, 0.6) is 11.5 Å². The van der Waals surface area contributed by atoms with E-state index in [1.807, 2.05) is 13.8 Å². The number of methoxy groups -OCH3 is 1. The lowest BCUT2D eigenvalue weighted by molar-refractivity contribution is 0.0933. The van der Waals surface area contributed by atoms with Crippen LogP contribution in [-0.4, -0.2) is 35.6 Å². The van der Waals surface area contributed by atoms with Crippen LogP contribution >= 0.6 is 0 Å². The molecule has 4 rings (SSSR count). The predicted octanol–water partition coefficient (Wildman–Crippen LogP) is 3.64. The normalized spacial score (nSPS) is 14.7. The van der Waals surface area contributed by atoms with Gasteiger partial charge in [-0.3, -0.25) is 9.78 Å². The van der Waals surface area contributed by atoms with Crippen molar-refractivity contribution in [1.82, 2.24) is 15.3 Å². The summed E-state index contributed by atoms with van der Waals surface area (Å²) in [6.07, 6.45) is 1.88. The van der Waals surface area contributed by atoms with Crippen molar-refractivity contribution in [2.45, 2.75) is 26.4 Å². The number of ether oxygens (including phenoxy) is 2. The first-order chi connectivity index (χ1) is 14.4. The first kappa shape index (κ1) is 19.8. The van der Waals surface area contributed by atoms with Gasteiger partial charge in [-0.15, -0.1) is 0 Å². The molecular formula is C23H22FN3O3. The molecule has 0 saturated carbocycles. The van der Waals surface area contributed by atoms with E-state index in [1.54, 1.807) is 37.6 Å². The number of carbonyl (C=O) groups excluding carboxylic acids is 1. The van der Waals surface area contributed by atoms with Gasteiger partial charge in [-0.05, 0) is 44.2 Å². The molecule has 1 N–H and O–H groups in total. The van der Waals surface area contributed by atoms with Crippen LogP contribution in [0.1, 0.15) is 27.3 Å². The molecule has 154 valence electrons. The van der Waals surface area contributed by atoms with Gasteiger partial charge in [0.1, 0.15) is 23.4 Å². The molecule has 2 aromatic carbocycles. The summed E-state index contributed by atoms with van der Waals surface area (Å²) in [5.41, 5.74) is 3.89. The van der Waals surface area contributed by atoms with Gasteiger partial charge >= 0.3 is 0 Å². The van der Waals surface area contributed by atoms with Gasteiger partial charge in [0.25, 0.3) is 5.91 Å². The maximum Gasteiger partial charge on any atom is 0.251 e. The number of hydrogen-bond acceptors (Lipinski definition) is 5. The fourth-order valence-electron chi connectivity index (χ4n) is 3.55. The summed E-state index contributed by atoms with van der Waals surface area (Å²) in [6, 6.07) is 9.82. The van der Waals surface area contributed by atoms with Crippen LogP contribution in [0, 0.1) is 19.7 Å². The van der Waals surface area contributed by atoms with Crippen LogP contribution < -0.4 is 14.8 Å². The van der Waals surface area contributed by atoms with E-state index in [1.165, 1.54) is 12.1 Å². The molecular weight excluding hydrogens is 385 g/mol. The highest BCUT2D eigenvalue weighted by molar-refractivity contribution is 5.94. The van der Waals surface area contributed by atoms with E-state index in [-0.39, 0.29) is 17.8 Å². The van der Waals surface area contributed by atoms with Gasteiger partial charge < -0.3 is 14.8 Å². The maximum atomic E-state index is 14.3. The second kappa shape index (κ2) is 8.10. The topological polar surface area (TPSA) is 73.3 Å². The predicted molar refractivity (Wildman–Crippen MR) is 110 cm³/mol. The molecule has 1 aliphatic rings. The minimum Gasteiger partial charge on any atom is -0.497 e. The van der Waals surface area contributed by atoms with Crippen LogP contribution in [0.2, 0.25) is 0 Å². The molecule has 6 nitrogen and oxygen atoms in total. The Labute approximate surface area is 174 Å². The Bertz CT molecular complexity index is 1120. The summed E-state index contributed by atoms with van der Waals surface area (Å²) in [5.74, 6) is 0.637. The van der Waals surface area contributed by atoms with E-state index in [9.17, 15) is 9.18 Å². The van der Waals surface area contributed by atoms with Crippen molar-refractivity contribution in [3.63, 3.8) is 0 Å². The minimum absolute atomic E-state index is 0.222. The average Bonchev–Trinajstić information content (AvgIpc) is 3.16. The highest BCUT2D eigenvalue weighted by Crippen LogP contribution is 2.39. The molecule has 3 aromatic rings. The third-order valence-electron chi connectivity index (χ3n) is 5.02. The molecule has 7 heteroatoms. The quantitative estimate of drug-likeness (QED) is 0.699. The van der Waals surface area contributed by atoms with Gasteiger partial charge in [0.2, 0.25) is 0 Å². The number of nitrogens with one attached hydrogen (secondary N) is 1. The summed E-state index contributed by atoms with van der Waals surface area (Å²) in [7, 11) is 1.55. The van der Waals surface area contributed by atoms with E-state index in [2.05, 4.69) is 15.3 Å². The molecule has 0 saturated heterocycles. The standard InChI is InChI=1S/C23H22FN3O3/c1-13-11-25-14(2)21(27-13)20-10-17(24)7-16-9-19(30-22(16)20)12-26-23(28)15-5-4-6-18(8-15)29-3/h4-8,10-11,19H,9,12H2,1-3H3,(H,26,28)/t19-/m0/s1. The molecule has 0 unspecified atom stereocenters. The number of aromatic nitrogens is 2. The van der Waals surface area contributed by atoms with Gasteiger partial charge in [-0.1, -0.05) is 6.07 Å². The second-order valence-electron chi connectivity index (χ2n) is 7.27. The van der Waals surface area contributed by atoms with Gasteiger partial charge in [0.05, 0.1) is 30.7 Å². The molecule has 2 heterocycles. The van der Waals surface area contributed by atoms with Gasteiger partial charge in [0.15, 0.2) is 0 Å². The molecule has 0 bridgehead atoms. The number of nitrogens with zero attached hydrogens (tertiary/aromatic N) is 2. The zero-order chi connectivity index (χ0) is 21.3. The van der Waals surface area contributed by atoms with E-state index in [0.717, 1.165) is 11.3 Å². The van der Waals surface area contributed by atoms with Crippen LogP contribution in [0.15, 0.2) is 42.6 Å². The Morgan fingerprint density at radius 2 is 2.13 bits per heavy atom. The zero-order valence-electron chi connectivity index (χ0n) is 17.0. The number of amides is 1. The highest BCUT2D eigenvalue weighted by Gasteiger charge is 2.28. The van der Waals surface area contributed by atoms with Crippen molar-refractivity contribution < 1.29 is 18.7 Å². The Balaban J connectivity index is 1.52. The van der Waals surface area contributed by atoms with Crippen LogP contribution in [0.4, 0.5) is 4.39 Å². The number of benzene rings is 2. The summed E-state index contributed by atoms with van der Waals surface area (Å²) in [6.45, 7) is 3.97. The smallest absolute Gasteiger partial charge is 0.251 e. The molecule has 1 atom stereocenters. The summed E-state index contributed by atoms with van der Waals surface area (Å²) in [4.78, 5) is 21.3. The Morgan fingerprint density at radius 3 is 2.93 bits per heavy atom. The number of rotatable bonds is 5. The number of hydrogen-bond donors (Lipinski definition) is 1. The fraction of sp³-hybridized carbons (Fsp3) is 0.261. The fourth-order valence-corrected chi connectivity index (χ4v) is 3.55. The highest BCUT2D eigenvalue weighted by atomic mass is 19.1. The van der Waals surface area contributed by atoms with Gasteiger partial charge in [-0.2, -0.15) is 0 Å². The third-order valence-corrected chi connectivity index (χ3v) is 5.02. The van der Waals surface area contributed by atoms with Crippen LogP contribution in [0.25, 0.3) is 11.3 Å². The lowest BCUT2D eigenvalue weighted by Gasteiger charge is -2.14. The number of halogens is 1. The van der Waals surface area contributed by atoms with Crippen LogP contribution in [0.3, 0.4) is 0 Å². The summed E-state index contributed by atoms with van der Waals surface area (Å²) < 4.78 is 25.5. The van der Waals surface area contributed by atoms with E-state index >= 15 is 0 Å². The molecule has 0 spiro atoms. The Morgan fingerprint density at radius 1 is 1.30 bits per heavy atom. The van der Waals surface area contributed by atoms with Crippen molar-refractivity contribution in [2.75, 3.05) is 13.7 Å². The minimum atomic E-state index is -0.351. The van der Waals surface area contributed by atoms with Crippen LogP contribution in [-0.2, 0) is 6.42 Å². The van der Waals surface area contributed by atoms with Crippen molar-refractivity contribution in [3.05, 3.63) is 70.9 Å². The molecule has 0 aliphatic carbocycles.